The number of methoxy groups -OCH3 is 1. The van der Waals surface area contributed by atoms with E-state index in [4.69, 9.17) is 9.47 Å². The van der Waals surface area contributed by atoms with Crippen molar-refractivity contribution >= 4 is 17.6 Å². The maximum atomic E-state index is 13.7. The monoisotopic (exact) mass is 473 g/mol. The van der Waals surface area contributed by atoms with Crippen LogP contribution in [0.15, 0.2) is 72.8 Å². The Kier molecular flexibility index (Phi) is 6.15. The van der Waals surface area contributed by atoms with Gasteiger partial charge in [-0.25, -0.2) is 15.6 Å². The van der Waals surface area contributed by atoms with Gasteiger partial charge in [0.25, 0.3) is 0 Å². The first-order valence-electron chi connectivity index (χ1n) is 11.6. The van der Waals surface area contributed by atoms with Gasteiger partial charge in [-0.15, -0.1) is 0 Å². The summed E-state index contributed by atoms with van der Waals surface area (Å²) < 4.78 is 10.5. The minimum Gasteiger partial charge on any atom is -0.504 e. The summed E-state index contributed by atoms with van der Waals surface area (Å²) >= 11 is 0. The van der Waals surface area contributed by atoms with Gasteiger partial charge in [0, 0.05) is 11.6 Å². The smallest absolute Gasteiger partial charge is 0.338 e. The molecule has 2 aliphatic heterocycles. The lowest BCUT2D eigenvalue weighted by Crippen LogP contribution is -2.41. The third kappa shape index (κ3) is 4.00. The number of aromatic hydroxyl groups is 1. The number of benzene rings is 3. The molecule has 3 aromatic rings. The van der Waals surface area contributed by atoms with E-state index < -0.39 is 12.0 Å². The molecule has 2 aliphatic rings. The quantitative estimate of drug-likeness (QED) is 0.471. The molecule has 2 heterocycles. The highest BCUT2D eigenvalue weighted by molar-refractivity contribution is 6.02. The minimum absolute atomic E-state index is 0.0322. The van der Waals surface area contributed by atoms with Crippen LogP contribution >= 0.6 is 0 Å². The van der Waals surface area contributed by atoms with Crippen molar-refractivity contribution in [2.45, 2.75) is 25.0 Å². The van der Waals surface area contributed by atoms with Crippen molar-refractivity contribution in [3.63, 3.8) is 0 Å². The summed E-state index contributed by atoms with van der Waals surface area (Å²) in [6.07, 6.45) is 0. The fraction of sp³-hybridized carbons (Fsp3) is 0.259. The predicted molar refractivity (Wildman–Crippen MR) is 130 cm³/mol. The molecule has 5 rings (SSSR count). The lowest BCUT2D eigenvalue weighted by molar-refractivity contribution is -0.119. The van der Waals surface area contributed by atoms with Crippen molar-refractivity contribution in [1.82, 2.24) is 10.9 Å². The van der Waals surface area contributed by atoms with Crippen molar-refractivity contribution in [2.24, 2.45) is 5.92 Å². The number of carbonyl (C=O) groups excluding carboxylic acids is 2. The van der Waals surface area contributed by atoms with E-state index in [1.54, 1.807) is 48.2 Å². The van der Waals surface area contributed by atoms with Crippen molar-refractivity contribution in [1.29, 1.82) is 0 Å². The summed E-state index contributed by atoms with van der Waals surface area (Å²) in [5.41, 5.74) is 9.52. The van der Waals surface area contributed by atoms with Crippen LogP contribution in [0.2, 0.25) is 0 Å². The number of phenols is 1. The van der Waals surface area contributed by atoms with Crippen LogP contribution in [-0.2, 0) is 9.53 Å². The van der Waals surface area contributed by atoms with Gasteiger partial charge in [0.2, 0.25) is 5.91 Å². The highest BCUT2D eigenvalue weighted by atomic mass is 16.5. The van der Waals surface area contributed by atoms with Gasteiger partial charge >= 0.3 is 5.97 Å². The first-order chi connectivity index (χ1) is 17.0. The molecule has 8 nitrogen and oxygen atoms in total. The summed E-state index contributed by atoms with van der Waals surface area (Å²) in [6, 6.07) is 21.1. The number of rotatable bonds is 6. The number of esters is 1. The summed E-state index contributed by atoms with van der Waals surface area (Å²) in [4.78, 5) is 27.6. The lowest BCUT2D eigenvalue weighted by Gasteiger charge is -2.31. The second-order valence-electron chi connectivity index (χ2n) is 8.58. The summed E-state index contributed by atoms with van der Waals surface area (Å²) in [5, 5.41) is 10.2. The minimum atomic E-state index is -0.463. The lowest BCUT2D eigenvalue weighted by atomic mass is 9.83. The maximum absolute atomic E-state index is 13.7. The summed E-state index contributed by atoms with van der Waals surface area (Å²) in [6.45, 7) is 2.05. The molecule has 4 atom stereocenters. The highest BCUT2D eigenvalue weighted by Gasteiger charge is 2.56. The number of hydrazine groups is 1. The van der Waals surface area contributed by atoms with Gasteiger partial charge in [0.05, 0.1) is 31.4 Å². The molecule has 0 aromatic heterocycles. The molecule has 3 N–H and O–H groups in total. The Morgan fingerprint density at radius 1 is 0.971 bits per heavy atom. The van der Waals surface area contributed by atoms with E-state index in [-0.39, 0.29) is 29.7 Å². The Morgan fingerprint density at radius 3 is 2.37 bits per heavy atom. The molecule has 0 bridgehead atoms. The number of phenolic OH excluding ortho intramolecular Hbond substituents is 1. The molecule has 2 fully saturated rings. The standard InChI is InChI=1S/C27H27N3O5/c1-3-35-27(33)17-9-12-19(13-10-17)30-25(18-11-14-20(31)21(15-18)34-2)22-23(16-7-5-4-6-8-16)28-29-24(22)26(30)32/h4-15,22-25,28-29,31H,3H2,1-2H3. The van der Waals surface area contributed by atoms with E-state index in [1.165, 1.54) is 7.11 Å². The first-order valence-corrected chi connectivity index (χ1v) is 11.6. The number of anilines is 1. The number of amides is 1. The number of nitrogens with zero attached hydrogens (tertiary/aromatic N) is 1. The van der Waals surface area contributed by atoms with Gasteiger partial charge < -0.3 is 19.5 Å². The number of hydrogen-bond acceptors (Lipinski definition) is 7. The fourth-order valence-electron chi connectivity index (χ4n) is 5.09. The SMILES string of the molecule is CCOC(=O)c1ccc(N2C(=O)C3NNC(c4ccccc4)C3C2c2ccc(O)c(OC)c2)cc1. The van der Waals surface area contributed by atoms with Crippen LogP contribution in [0.5, 0.6) is 11.5 Å². The fourth-order valence-corrected chi connectivity index (χ4v) is 5.09. The normalized spacial score (nSPS) is 23.3. The number of fused-ring (bicyclic) bond motifs is 1. The first kappa shape index (κ1) is 22.9. The zero-order valence-corrected chi connectivity index (χ0v) is 19.5. The van der Waals surface area contributed by atoms with E-state index in [0.29, 0.717) is 23.6 Å². The molecule has 4 unspecified atom stereocenters. The number of carbonyl (C=O) groups is 2. The molecule has 1 amide bonds. The van der Waals surface area contributed by atoms with Crippen LogP contribution in [0.3, 0.4) is 0 Å². The zero-order valence-electron chi connectivity index (χ0n) is 19.5. The largest absolute Gasteiger partial charge is 0.504 e. The molecular formula is C27H27N3O5. The molecule has 8 heteroatoms. The number of ether oxygens (including phenoxy) is 2. The van der Waals surface area contributed by atoms with Crippen LogP contribution in [0.4, 0.5) is 5.69 Å². The predicted octanol–water partition coefficient (Wildman–Crippen LogP) is 3.50. The average molecular weight is 474 g/mol. The van der Waals surface area contributed by atoms with Gasteiger partial charge in [-0.3, -0.25) is 4.79 Å². The van der Waals surface area contributed by atoms with Gasteiger partial charge in [0.1, 0.15) is 6.04 Å². The van der Waals surface area contributed by atoms with Gasteiger partial charge in [-0.1, -0.05) is 36.4 Å². The van der Waals surface area contributed by atoms with E-state index in [0.717, 1.165) is 11.1 Å². The van der Waals surface area contributed by atoms with Crippen LogP contribution in [0, 0.1) is 5.92 Å². The second kappa shape index (κ2) is 9.40. The Labute approximate surface area is 203 Å². The van der Waals surface area contributed by atoms with Crippen LogP contribution < -0.4 is 20.5 Å². The van der Waals surface area contributed by atoms with E-state index >= 15 is 0 Å². The van der Waals surface area contributed by atoms with Gasteiger partial charge in [-0.2, -0.15) is 0 Å². The molecule has 2 saturated heterocycles. The third-order valence-corrected chi connectivity index (χ3v) is 6.67. The van der Waals surface area contributed by atoms with Gasteiger partial charge in [-0.05, 0) is 54.4 Å². The van der Waals surface area contributed by atoms with Crippen LogP contribution in [0.25, 0.3) is 0 Å². The molecule has 0 spiro atoms. The van der Waals surface area contributed by atoms with E-state index in [9.17, 15) is 14.7 Å². The number of nitrogens with one attached hydrogen (secondary N) is 2. The van der Waals surface area contributed by atoms with Crippen molar-refractivity contribution in [2.75, 3.05) is 18.6 Å². The number of hydrogen-bond donors (Lipinski definition) is 3. The summed E-state index contributed by atoms with van der Waals surface area (Å²) in [7, 11) is 1.50. The van der Waals surface area contributed by atoms with Crippen LogP contribution in [0.1, 0.15) is 40.5 Å². The molecule has 3 aromatic carbocycles. The van der Waals surface area contributed by atoms with Crippen molar-refractivity contribution in [3.05, 3.63) is 89.5 Å². The van der Waals surface area contributed by atoms with E-state index in [2.05, 4.69) is 10.9 Å². The Bertz CT molecular complexity index is 1230. The van der Waals surface area contributed by atoms with E-state index in [1.807, 2.05) is 36.4 Å². The topological polar surface area (TPSA) is 100 Å². The average Bonchev–Trinajstić information content (AvgIpc) is 3.44. The Balaban J connectivity index is 1.59. The Morgan fingerprint density at radius 2 is 1.69 bits per heavy atom. The molecular weight excluding hydrogens is 446 g/mol. The molecule has 0 saturated carbocycles. The van der Waals surface area contributed by atoms with Crippen molar-refractivity contribution in [3.8, 4) is 11.5 Å². The third-order valence-electron chi connectivity index (χ3n) is 6.67. The highest BCUT2D eigenvalue weighted by Crippen LogP contribution is 2.49. The Hall–Kier alpha value is -3.88. The molecule has 180 valence electrons. The molecule has 35 heavy (non-hydrogen) atoms. The maximum Gasteiger partial charge on any atom is 0.338 e. The van der Waals surface area contributed by atoms with Crippen molar-refractivity contribution < 1.29 is 24.2 Å². The second-order valence-corrected chi connectivity index (χ2v) is 8.58. The zero-order chi connectivity index (χ0) is 24.5. The van der Waals surface area contributed by atoms with Crippen LogP contribution in [-0.4, -0.2) is 36.7 Å². The molecule has 0 radical (unpaired) electrons. The summed E-state index contributed by atoms with van der Waals surface area (Å²) in [5.74, 6) is -0.264. The molecule has 0 aliphatic carbocycles. The van der Waals surface area contributed by atoms with Gasteiger partial charge in [0.15, 0.2) is 11.5 Å².